The number of fused-ring (bicyclic) bond motifs is 6. The predicted molar refractivity (Wildman–Crippen MR) is 237 cm³/mol. The number of ether oxygens (including phenoxy) is 2. The van der Waals surface area contributed by atoms with Crippen LogP contribution < -0.4 is 10.6 Å². The molecule has 13 nitrogen and oxygen atoms in total. The highest BCUT2D eigenvalue weighted by molar-refractivity contribution is 7.99. The van der Waals surface area contributed by atoms with Gasteiger partial charge in [0.2, 0.25) is 11.8 Å². The summed E-state index contributed by atoms with van der Waals surface area (Å²) in [6.07, 6.45) is 3.94. The van der Waals surface area contributed by atoms with Gasteiger partial charge < -0.3 is 34.9 Å². The summed E-state index contributed by atoms with van der Waals surface area (Å²) in [7, 11) is 2.61. The van der Waals surface area contributed by atoms with Crippen molar-refractivity contribution in [3.8, 4) is 11.1 Å². The number of nitrogens with zero attached hydrogens (tertiary/aromatic N) is 4. The summed E-state index contributed by atoms with van der Waals surface area (Å²) in [6, 6.07) is 19.6. The van der Waals surface area contributed by atoms with Gasteiger partial charge in [-0.2, -0.15) is 11.8 Å². The van der Waals surface area contributed by atoms with E-state index in [1.54, 1.807) is 11.8 Å². The monoisotopic (exact) mass is 831 g/mol. The highest BCUT2D eigenvalue weighted by Gasteiger charge is 2.43. The van der Waals surface area contributed by atoms with Crippen molar-refractivity contribution in [3.05, 3.63) is 72.1 Å². The number of alkyl carbamates (subject to hydrolysis) is 2. The summed E-state index contributed by atoms with van der Waals surface area (Å²) in [5.74, 6) is 0.285. The fraction of sp³-hybridized carbons (Fsp3) is 0.435. The SMILES string of the molecule is COC(=O)N[C@H](C(=O)N1C[C@@H](SC)C[C@H]1C1=Nc2ccc3cc(-c4ccc5c(ccc6[nH]c([C@@H]7CCCN7C(=O)[C@@H](NC(=O)OC)C(C)C)nc65)c4)ccc3c2C1)C(C)C. The number of nitrogens with one attached hydrogen (secondary N) is 3. The van der Waals surface area contributed by atoms with Crippen LogP contribution >= 0.6 is 11.8 Å². The first-order chi connectivity index (χ1) is 28.9. The smallest absolute Gasteiger partial charge is 0.407 e. The zero-order chi connectivity index (χ0) is 42.4. The van der Waals surface area contributed by atoms with Crippen molar-refractivity contribution in [1.29, 1.82) is 0 Å². The quantitative estimate of drug-likeness (QED) is 0.128. The number of benzene rings is 4. The lowest BCUT2D eigenvalue weighted by atomic mass is 9.94. The summed E-state index contributed by atoms with van der Waals surface area (Å²) in [4.78, 5) is 69.4. The van der Waals surface area contributed by atoms with Gasteiger partial charge in [-0.15, -0.1) is 0 Å². The molecule has 0 bridgehead atoms. The van der Waals surface area contributed by atoms with Crippen molar-refractivity contribution >= 4 is 79.7 Å². The molecule has 3 aliphatic heterocycles. The lowest BCUT2D eigenvalue weighted by molar-refractivity contribution is -0.135. The van der Waals surface area contributed by atoms with E-state index < -0.39 is 24.3 Å². The number of methoxy groups -OCH3 is 2. The molecule has 4 aromatic carbocycles. The summed E-state index contributed by atoms with van der Waals surface area (Å²) >= 11 is 1.76. The minimum absolute atomic E-state index is 0.104. The molecule has 1 aromatic heterocycles. The minimum atomic E-state index is -0.696. The second kappa shape index (κ2) is 16.8. The van der Waals surface area contributed by atoms with Crippen LogP contribution in [-0.2, 0) is 25.5 Å². The number of H-pyrrole nitrogens is 1. The molecule has 0 unspecified atom stereocenters. The van der Waals surface area contributed by atoms with Gasteiger partial charge in [0.25, 0.3) is 0 Å². The standard InChI is InChI=1S/C46H53N7O6S/c1-24(2)39(50-45(56)58-5)43(54)52-18-8-9-37(52)42-48-35-17-13-29-20-27(11-15-32(29)41(35)49-42)26-10-14-31-28(19-26)12-16-34-33(31)22-36(47-34)38-21-30(60-7)23-53(38)44(55)40(25(3)4)51-46(57)59-6/h10-17,19-20,24-25,30,37-40H,8-9,18,21-23H2,1-7H3,(H,48,49)(H,50,56)(H,51,57)/t30-,37-,38-,39-,40-/m0/s1. The fourth-order valence-electron chi connectivity index (χ4n) is 9.18. The number of likely N-dealkylation sites (tertiary alicyclic amines) is 2. The fourth-order valence-corrected chi connectivity index (χ4v) is 9.86. The highest BCUT2D eigenvalue weighted by atomic mass is 32.2. The number of carbonyl (C=O) groups is 4. The largest absolute Gasteiger partial charge is 0.453 e. The maximum Gasteiger partial charge on any atom is 0.407 e. The molecule has 14 heteroatoms. The Kier molecular flexibility index (Phi) is 11.5. The summed E-state index contributed by atoms with van der Waals surface area (Å²) in [5, 5.41) is 10.1. The second-order valence-corrected chi connectivity index (χ2v) is 17.9. The Morgan fingerprint density at radius 3 is 2.05 bits per heavy atom. The molecular formula is C46H53N7O6S. The van der Waals surface area contributed by atoms with Crippen LogP contribution in [0.25, 0.3) is 43.7 Å². The molecule has 60 heavy (non-hydrogen) atoms. The highest BCUT2D eigenvalue weighted by Crippen LogP contribution is 2.40. The molecule has 314 valence electrons. The van der Waals surface area contributed by atoms with Crippen molar-refractivity contribution in [3.63, 3.8) is 0 Å². The van der Waals surface area contributed by atoms with Crippen LogP contribution in [0.2, 0.25) is 0 Å². The predicted octanol–water partition coefficient (Wildman–Crippen LogP) is 7.92. The topological polar surface area (TPSA) is 158 Å². The van der Waals surface area contributed by atoms with Gasteiger partial charge in [-0.05, 0) is 94.5 Å². The van der Waals surface area contributed by atoms with Gasteiger partial charge in [0.05, 0.1) is 43.0 Å². The molecule has 0 spiro atoms. The van der Waals surface area contributed by atoms with Crippen molar-refractivity contribution < 1.29 is 28.7 Å². The number of amides is 4. The Morgan fingerprint density at radius 2 is 1.42 bits per heavy atom. The van der Waals surface area contributed by atoms with E-state index in [2.05, 4.69) is 82.5 Å². The third-order valence-corrected chi connectivity index (χ3v) is 13.5. The summed E-state index contributed by atoms with van der Waals surface area (Å²) in [6.45, 7) is 8.88. The van der Waals surface area contributed by atoms with E-state index in [4.69, 9.17) is 19.5 Å². The molecular weight excluding hydrogens is 779 g/mol. The van der Waals surface area contributed by atoms with E-state index >= 15 is 0 Å². The van der Waals surface area contributed by atoms with Crippen LogP contribution in [0.5, 0.6) is 0 Å². The first-order valence-corrected chi connectivity index (χ1v) is 22.1. The van der Waals surface area contributed by atoms with Gasteiger partial charge in [0.1, 0.15) is 17.9 Å². The molecule has 0 aliphatic carbocycles. The average molecular weight is 832 g/mol. The molecule has 4 heterocycles. The van der Waals surface area contributed by atoms with Crippen LogP contribution in [0.1, 0.15) is 64.4 Å². The lowest BCUT2D eigenvalue weighted by Gasteiger charge is -2.30. The number of rotatable bonds is 10. The molecule has 0 saturated carbocycles. The first-order valence-electron chi connectivity index (χ1n) is 20.8. The number of aromatic nitrogens is 2. The molecule has 2 fully saturated rings. The molecule has 5 aromatic rings. The Hall–Kier alpha value is -5.63. The van der Waals surface area contributed by atoms with Crippen molar-refractivity contribution in [1.82, 2.24) is 30.4 Å². The Bertz CT molecular complexity index is 2530. The van der Waals surface area contributed by atoms with Gasteiger partial charge in [0.15, 0.2) is 0 Å². The zero-order valence-corrected chi connectivity index (χ0v) is 36.0. The van der Waals surface area contributed by atoms with Crippen molar-refractivity contribution in [2.24, 2.45) is 16.8 Å². The molecule has 4 amide bonds. The van der Waals surface area contributed by atoms with E-state index in [0.717, 1.165) is 80.2 Å². The van der Waals surface area contributed by atoms with Crippen LogP contribution in [-0.4, -0.2) is 106 Å². The average Bonchev–Trinajstić information content (AvgIpc) is 4.08. The van der Waals surface area contributed by atoms with Gasteiger partial charge in [0, 0.05) is 35.9 Å². The van der Waals surface area contributed by atoms with Crippen LogP contribution in [0.15, 0.2) is 65.7 Å². The normalized spacial score (nSPS) is 19.9. The van der Waals surface area contributed by atoms with Crippen LogP contribution in [0.4, 0.5) is 15.3 Å². The van der Waals surface area contributed by atoms with E-state index in [9.17, 15) is 19.2 Å². The maximum atomic E-state index is 14.0. The second-order valence-electron chi connectivity index (χ2n) is 16.8. The number of carbonyl (C=O) groups excluding carboxylic acids is 4. The minimum Gasteiger partial charge on any atom is -0.453 e. The molecule has 8 rings (SSSR count). The van der Waals surface area contributed by atoms with E-state index in [0.29, 0.717) is 19.5 Å². The Balaban J connectivity index is 1.02. The van der Waals surface area contributed by atoms with Gasteiger partial charge >= 0.3 is 12.2 Å². The van der Waals surface area contributed by atoms with Crippen LogP contribution in [0, 0.1) is 11.8 Å². The van der Waals surface area contributed by atoms with Crippen LogP contribution in [0.3, 0.4) is 0 Å². The van der Waals surface area contributed by atoms with E-state index in [1.807, 2.05) is 37.5 Å². The number of thioether (sulfide) groups is 1. The number of aliphatic imine (C=N–C) groups is 1. The summed E-state index contributed by atoms with van der Waals surface area (Å²) in [5.41, 5.74) is 7.04. The molecule has 0 radical (unpaired) electrons. The van der Waals surface area contributed by atoms with E-state index in [-0.39, 0.29) is 41.0 Å². The lowest BCUT2D eigenvalue weighted by Crippen LogP contribution is -2.53. The van der Waals surface area contributed by atoms with Gasteiger partial charge in [-0.3, -0.25) is 14.6 Å². The molecule has 3 N–H and O–H groups in total. The number of aromatic amines is 1. The van der Waals surface area contributed by atoms with Crippen molar-refractivity contribution in [2.75, 3.05) is 33.6 Å². The zero-order valence-electron chi connectivity index (χ0n) is 35.2. The Morgan fingerprint density at radius 1 is 0.800 bits per heavy atom. The first kappa shape index (κ1) is 41.1. The van der Waals surface area contributed by atoms with E-state index in [1.165, 1.54) is 19.8 Å². The van der Waals surface area contributed by atoms with Gasteiger partial charge in [-0.25, -0.2) is 14.6 Å². The maximum absolute atomic E-state index is 14.0. The third-order valence-electron chi connectivity index (χ3n) is 12.4. The van der Waals surface area contributed by atoms with Crippen molar-refractivity contribution in [2.45, 2.75) is 82.8 Å². The molecule has 3 aliphatic rings. The number of hydrogen-bond donors (Lipinski definition) is 3. The number of hydrogen-bond acceptors (Lipinski definition) is 9. The third kappa shape index (κ3) is 7.65. The Labute approximate surface area is 354 Å². The number of imidazole rings is 1. The van der Waals surface area contributed by atoms with Gasteiger partial charge in [-0.1, -0.05) is 64.1 Å². The molecule has 5 atom stereocenters. The summed E-state index contributed by atoms with van der Waals surface area (Å²) < 4.78 is 9.64. The molecule has 2 saturated heterocycles.